The van der Waals surface area contributed by atoms with Gasteiger partial charge in [-0.2, -0.15) is 0 Å². The number of halogens is 2. The minimum Gasteiger partial charge on any atom is -0.497 e. The third-order valence-corrected chi connectivity index (χ3v) is 6.52. The van der Waals surface area contributed by atoms with E-state index < -0.39 is 0 Å². The molecule has 1 aromatic heterocycles. The van der Waals surface area contributed by atoms with Crippen molar-refractivity contribution in [1.29, 1.82) is 0 Å². The van der Waals surface area contributed by atoms with Gasteiger partial charge >= 0.3 is 0 Å². The van der Waals surface area contributed by atoms with E-state index in [9.17, 15) is 4.39 Å². The molecule has 0 aliphatic rings. The Morgan fingerprint density at radius 2 is 2.03 bits per heavy atom. The molecule has 0 amide bonds. The molecule has 32 heavy (non-hydrogen) atoms. The van der Waals surface area contributed by atoms with Crippen molar-refractivity contribution in [2.45, 2.75) is 46.0 Å². The number of methoxy groups -OCH3 is 1. The number of nitrogens with one attached hydrogen (secondary N) is 1. The smallest absolute Gasteiger partial charge is 0.184 e. The van der Waals surface area contributed by atoms with Gasteiger partial charge in [-0.05, 0) is 55.7 Å². The Morgan fingerprint density at radius 1 is 1.22 bits per heavy atom. The molecule has 0 spiro atoms. The average Bonchev–Trinajstić information content (AvgIpc) is 3.15. The number of hydrogen-bond acceptors (Lipinski definition) is 4. The predicted molar refractivity (Wildman–Crippen MR) is 134 cm³/mol. The van der Waals surface area contributed by atoms with Crippen LogP contribution in [-0.4, -0.2) is 18.6 Å². The fraction of sp³-hybridized carbons (Fsp3) is 0.346. The van der Waals surface area contributed by atoms with Crippen molar-refractivity contribution in [3.63, 3.8) is 0 Å². The van der Waals surface area contributed by atoms with Gasteiger partial charge in [0.25, 0.3) is 0 Å². The summed E-state index contributed by atoms with van der Waals surface area (Å²) in [5.41, 5.74) is 3.33. The van der Waals surface area contributed by atoms with Gasteiger partial charge in [-0.15, -0.1) is 11.3 Å². The fourth-order valence-corrected chi connectivity index (χ4v) is 4.47. The van der Waals surface area contributed by atoms with Gasteiger partial charge in [0.15, 0.2) is 5.13 Å². The summed E-state index contributed by atoms with van der Waals surface area (Å²) >= 11 is 7.99. The van der Waals surface area contributed by atoms with Gasteiger partial charge in [-0.25, -0.2) is 9.37 Å². The molecule has 0 saturated carbocycles. The number of aryl methyl sites for hydroxylation is 2. The lowest BCUT2D eigenvalue weighted by Crippen LogP contribution is -2.01. The van der Waals surface area contributed by atoms with Gasteiger partial charge in [0, 0.05) is 16.4 Å². The van der Waals surface area contributed by atoms with E-state index in [0.29, 0.717) is 22.9 Å². The molecule has 1 N–H and O–H groups in total. The molecule has 0 saturated heterocycles. The van der Waals surface area contributed by atoms with Gasteiger partial charge in [-0.1, -0.05) is 55.3 Å². The molecule has 3 rings (SSSR count). The minimum absolute atomic E-state index is 0.0264. The Morgan fingerprint density at radius 3 is 2.72 bits per heavy atom. The molecule has 168 valence electrons. The van der Waals surface area contributed by atoms with E-state index in [1.165, 1.54) is 0 Å². The Balaban J connectivity index is 1.70. The topological polar surface area (TPSA) is 34.2 Å². The van der Waals surface area contributed by atoms with E-state index in [1.54, 1.807) is 37.5 Å². The molecule has 0 unspecified atom stereocenters. The zero-order chi connectivity index (χ0) is 23.1. The Hall–Kier alpha value is -2.55. The quantitative estimate of drug-likeness (QED) is 0.344. The summed E-state index contributed by atoms with van der Waals surface area (Å²) in [5.74, 6) is 7.10. The van der Waals surface area contributed by atoms with E-state index in [1.807, 2.05) is 31.2 Å². The first-order valence-corrected chi connectivity index (χ1v) is 11.9. The highest BCUT2D eigenvalue weighted by Crippen LogP contribution is 2.36. The molecule has 2 aromatic carbocycles. The first-order chi connectivity index (χ1) is 15.4. The van der Waals surface area contributed by atoms with Crippen LogP contribution >= 0.6 is 22.9 Å². The number of ether oxygens (including phenoxy) is 1. The van der Waals surface area contributed by atoms with Crippen LogP contribution in [0.4, 0.5) is 9.52 Å². The summed E-state index contributed by atoms with van der Waals surface area (Å²) in [4.78, 5) is 5.78. The molecule has 3 aromatic rings. The molecular weight excluding hydrogens is 443 g/mol. The second kappa shape index (κ2) is 11.4. The molecule has 0 fully saturated rings. The molecule has 6 heteroatoms. The van der Waals surface area contributed by atoms with Crippen LogP contribution in [0.15, 0.2) is 36.4 Å². The van der Waals surface area contributed by atoms with Crippen LogP contribution in [0.3, 0.4) is 0 Å². The van der Waals surface area contributed by atoms with Crippen LogP contribution < -0.4 is 10.1 Å². The van der Waals surface area contributed by atoms with E-state index in [4.69, 9.17) is 21.3 Å². The van der Waals surface area contributed by atoms with Crippen LogP contribution in [0.5, 0.6) is 5.75 Å². The minimum atomic E-state index is -0.174. The standard InChI is InChI=1S/C26H28ClFN2OS/c1-5-6-8-19(20-11-10-17(2)24(28)15-20)9-7-14-29-26-30-25(18(3)32-26)22-13-12-21(31-4)16-23(22)27/h10-13,15-16,19H,5-6,8,14H2,1-4H3,(H,29,30)/t19-/m1/s1. The summed E-state index contributed by atoms with van der Waals surface area (Å²) in [6, 6.07) is 11.0. The Bertz CT molecular complexity index is 1130. The van der Waals surface area contributed by atoms with Gasteiger partial charge in [0.1, 0.15) is 11.6 Å². The highest BCUT2D eigenvalue weighted by atomic mass is 35.5. The number of unbranched alkanes of at least 4 members (excludes halogenated alkanes) is 1. The lowest BCUT2D eigenvalue weighted by atomic mass is 9.93. The van der Waals surface area contributed by atoms with E-state index in [-0.39, 0.29) is 11.7 Å². The molecule has 3 nitrogen and oxygen atoms in total. The largest absolute Gasteiger partial charge is 0.497 e. The zero-order valence-corrected chi connectivity index (χ0v) is 20.5. The number of rotatable bonds is 8. The Kier molecular flexibility index (Phi) is 8.55. The second-order valence-corrected chi connectivity index (χ2v) is 9.26. The molecule has 1 atom stereocenters. The molecule has 0 aliphatic carbocycles. The van der Waals surface area contributed by atoms with E-state index >= 15 is 0 Å². The molecule has 1 heterocycles. The van der Waals surface area contributed by atoms with Gasteiger partial charge in [0.2, 0.25) is 0 Å². The van der Waals surface area contributed by atoms with Crippen molar-refractivity contribution in [3.05, 3.63) is 63.2 Å². The molecular formula is C26H28ClFN2OS. The van der Waals surface area contributed by atoms with Crippen molar-refractivity contribution in [1.82, 2.24) is 4.98 Å². The fourth-order valence-electron chi connectivity index (χ4n) is 3.39. The highest BCUT2D eigenvalue weighted by molar-refractivity contribution is 7.16. The third kappa shape index (κ3) is 6.03. The summed E-state index contributed by atoms with van der Waals surface area (Å²) in [7, 11) is 1.62. The van der Waals surface area contributed by atoms with Crippen LogP contribution in [0, 0.1) is 31.5 Å². The van der Waals surface area contributed by atoms with Gasteiger partial charge in [-0.3, -0.25) is 0 Å². The van der Waals surface area contributed by atoms with Crippen molar-refractivity contribution < 1.29 is 9.13 Å². The maximum absolute atomic E-state index is 14.0. The average molecular weight is 471 g/mol. The maximum Gasteiger partial charge on any atom is 0.184 e. The lowest BCUT2D eigenvalue weighted by Gasteiger charge is -2.11. The van der Waals surface area contributed by atoms with Gasteiger partial charge in [0.05, 0.1) is 24.4 Å². The van der Waals surface area contributed by atoms with Crippen LogP contribution in [0.2, 0.25) is 5.02 Å². The number of hydrogen-bond donors (Lipinski definition) is 1. The van der Waals surface area contributed by atoms with Crippen LogP contribution in [0.1, 0.15) is 48.1 Å². The zero-order valence-electron chi connectivity index (χ0n) is 18.9. The van der Waals surface area contributed by atoms with E-state index in [2.05, 4.69) is 24.1 Å². The monoisotopic (exact) mass is 470 g/mol. The van der Waals surface area contributed by atoms with E-state index in [0.717, 1.165) is 46.1 Å². The third-order valence-electron chi connectivity index (χ3n) is 5.28. The summed E-state index contributed by atoms with van der Waals surface area (Å²) in [6.45, 7) is 6.43. The van der Waals surface area contributed by atoms with Crippen molar-refractivity contribution in [2.75, 3.05) is 19.0 Å². The number of anilines is 1. The summed E-state index contributed by atoms with van der Waals surface area (Å²) in [6.07, 6.45) is 3.06. The summed E-state index contributed by atoms with van der Waals surface area (Å²) in [5, 5.41) is 4.69. The first kappa shape index (κ1) is 24.1. The number of thiazole rings is 1. The SMILES string of the molecule is CCCC[C@H](C#CCNc1nc(-c2ccc(OC)cc2Cl)c(C)s1)c1ccc(C)c(F)c1. The second-order valence-electron chi connectivity index (χ2n) is 7.65. The number of nitrogens with zero attached hydrogens (tertiary/aromatic N) is 1. The predicted octanol–water partition coefficient (Wildman–Crippen LogP) is 7.62. The van der Waals surface area contributed by atoms with Crippen molar-refractivity contribution in [2.24, 2.45) is 0 Å². The molecule has 0 aliphatic heterocycles. The Labute approximate surface area is 199 Å². The lowest BCUT2D eigenvalue weighted by molar-refractivity contribution is 0.415. The number of benzene rings is 2. The number of aromatic nitrogens is 1. The van der Waals surface area contributed by atoms with Crippen molar-refractivity contribution >= 4 is 28.1 Å². The highest BCUT2D eigenvalue weighted by Gasteiger charge is 2.14. The normalized spacial score (nSPS) is 11.6. The molecule has 0 radical (unpaired) electrons. The first-order valence-electron chi connectivity index (χ1n) is 10.7. The van der Waals surface area contributed by atoms with Gasteiger partial charge < -0.3 is 10.1 Å². The molecule has 0 bridgehead atoms. The van der Waals surface area contributed by atoms with Crippen LogP contribution in [0.25, 0.3) is 11.3 Å². The van der Waals surface area contributed by atoms with Crippen molar-refractivity contribution in [3.8, 4) is 28.8 Å². The summed E-state index contributed by atoms with van der Waals surface area (Å²) < 4.78 is 19.3. The maximum atomic E-state index is 14.0. The van der Waals surface area contributed by atoms with Crippen LogP contribution in [-0.2, 0) is 0 Å².